The minimum absolute atomic E-state index is 0.0366. The van der Waals surface area contributed by atoms with Gasteiger partial charge in [0.25, 0.3) is 11.7 Å². The Kier molecular flexibility index (Phi) is 9.15. The van der Waals surface area contributed by atoms with Crippen LogP contribution in [0.15, 0.2) is 18.5 Å². The summed E-state index contributed by atoms with van der Waals surface area (Å²) in [6.07, 6.45) is 6.50. The van der Waals surface area contributed by atoms with E-state index in [9.17, 15) is 18.4 Å². The number of hydrogen-bond acceptors (Lipinski definition) is 6. The van der Waals surface area contributed by atoms with Gasteiger partial charge in [-0.25, -0.2) is 23.3 Å². The number of primary amides is 1. The number of carbonyl (C=O) groups is 2. The summed E-state index contributed by atoms with van der Waals surface area (Å²) in [5.41, 5.74) is 8.06. The van der Waals surface area contributed by atoms with Gasteiger partial charge < -0.3 is 11.1 Å². The van der Waals surface area contributed by atoms with Gasteiger partial charge in [0.15, 0.2) is 0 Å². The van der Waals surface area contributed by atoms with Gasteiger partial charge in [-0.1, -0.05) is 20.8 Å². The maximum absolute atomic E-state index is 13.4. The Morgan fingerprint density at radius 2 is 1.95 bits per heavy atom. The third-order valence-electron chi connectivity index (χ3n) is 7.74. The second-order valence-electron chi connectivity index (χ2n) is 11.5. The number of alkyl halides is 2. The van der Waals surface area contributed by atoms with Crippen molar-refractivity contribution < 1.29 is 18.4 Å². The molecule has 5 rings (SSSR count). The fourth-order valence-electron chi connectivity index (χ4n) is 5.52. The molecule has 218 valence electrons. The van der Waals surface area contributed by atoms with Crippen molar-refractivity contribution in [1.82, 2.24) is 34.7 Å². The van der Waals surface area contributed by atoms with Crippen molar-refractivity contribution in [3.8, 4) is 0 Å². The Morgan fingerprint density at radius 3 is 2.58 bits per heavy atom. The SMILES string of the molecule is CC(C)c1nc2nc(CC3CCC(F)(F)CC3)cn2nc1CC1C[C@@H](C)CNC1=O.CCn1nccc1C(N)=O. The van der Waals surface area contributed by atoms with Gasteiger partial charge in [-0.05, 0) is 56.4 Å². The molecular formula is C28H40F2N8O2. The lowest BCUT2D eigenvalue weighted by Crippen LogP contribution is -2.41. The van der Waals surface area contributed by atoms with Crippen molar-refractivity contribution in [2.45, 2.75) is 91.0 Å². The Labute approximate surface area is 233 Å². The van der Waals surface area contributed by atoms with Crippen molar-refractivity contribution in [2.75, 3.05) is 6.54 Å². The highest BCUT2D eigenvalue weighted by Gasteiger charge is 2.35. The molecule has 2 aliphatic rings. The third-order valence-corrected chi connectivity index (χ3v) is 7.74. The highest BCUT2D eigenvalue weighted by Crippen LogP contribution is 2.37. The lowest BCUT2D eigenvalue weighted by atomic mass is 9.84. The van der Waals surface area contributed by atoms with Gasteiger partial charge in [-0.3, -0.25) is 14.3 Å². The lowest BCUT2D eigenvalue weighted by molar-refractivity contribution is -0.127. The molecule has 2 fully saturated rings. The fraction of sp³-hybridized carbons (Fsp3) is 0.643. The first-order chi connectivity index (χ1) is 19.0. The number of fused-ring (bicyclic) bond motifs is 1. The normalized spacial score (nSPS) is 21.2. The number of piperidine rings is 1. The molecule has 1 aliphatic carbocycles. The average molecular weight is 559 g/mol. The van der Waals surface area contributed by atoms with Crippen LogP contribution in [0.1, 0.15) is 93.3 Å². The van der Waals surface area contributed by atoms with Crippen LogP contribution in [-0.2, 0) is 24.2 Å². The van der Waals surface area contributed by atoms with Crippen LogP contribution in [0.25, 0.3) is 5.78 Å². The van der Waals surface area contributed by atoms with Crippen molar-refractivity contribution >= 4 is 17.6 Å². The minimum Gasteiger partial charge on any atom is -0.364 e. The molecule has 3 N–H and O–H groups in total. The van der Waals surface area contributed by atoms with Crippen LogP contribution in [0.3, 0.4) is 0 Å². The van der Waals surface area contributed by atoms with Crippen LogP contribution in [0.4, 0.5) is 8.78 Å². The number of nitrogens with one attached hydrogen (secondary N) is 1. The Balaban J connectivity index is 0.000000312. The second-order valence-corrected chi connectivity index (χ2v) is 11.5. The molecule has 2 amide bonds. The molecule has 10 nitrogen and oxygen atoms in total. The zero-order valence-electron chi connectivity index (χ0n) is 23.7. The molecule has 3 aromatic heterocycles. The first-order valence-corrected chi connectivity index (χ1v) is 14.2. The van der Waals surface area contributed by atoms with Gasteiger partial charge in [0, 0.05) is 44.5 Å². The van der Waals surface area contributed by atoms with Crippen molar-refractivity contribution in [3.05, 3.63) is 41.2 Å². The molecule has 4 heterocycles. The summed E-state index contributed by atoms with van der Waals surface area (Å²) in [4.78, 5) is 32.3. The lowest BCUT2D eigenvalue weighted by Gasteiger charge is -2.27. The predicted octanol–water partition coefficient (Wildman–Crippen LogP) is 3.93. The third kappa shape index (κ3) is 7.19. The number of halogens is 2. The number of rotatable bonds is 7. The second kappa shape index (κ2) is 12.4. The molecule has 1 unspecified atom stereocenters. The monoisotopic (exact) mass is 558 g/mol. The van der Waals surface area contributed by atoms with Crippen LogP contribution in [0, 0.1) is 17.8 Å². The van der Waals surface area contributed by atoms with E-state index in [0.717, 1.165) is 30.0 Å². The largest absolute Gasteiger partial charge is 0.364 e. The summed E-state index contributed by atoms with van der Waals surface area (Å²) in [7, 11) is 0. The quantitative estimate of drug-likeness (QED) is 0.451. The molecule has 0 bridgehead atoms. The van der Waals surface area contributed by atoms with E-state index < -0.39 is 11.8 Å². The zero-order chi connectivity index (χ0) is 29.0. The first-order valence-electron chi connectivity index (χ1n) is 14.2. The smallest absolute Gasteiger partial charge is 0.266 e. The maximum Gasteiger partial charge on any atom is 0.266 e. The summed E-state index contributed by atoms with van der Waals surface area (Å²) in [6, 6.07) is 1.60. The van der Waals surface area contributed by atoms with Crippen molar-refractivity contribution in [1.29, 1.82) is 0 Å². The Hall–Kier alpha value is -3.44. The maximum atomic E-state index is 13.4. The summed E-state index contributed by atoms with van der Waals surface area (Å²) in [6.45, 7) is 9.59. The van der Waals surface area contributed by atoms with Gasteiger partial charge in [-0.15, -0.1) is 0 Å². The van der Waals surface area contributed by atoms with Crippen LogP contribution in [-0.4, -0.2) is 53.6 Å². The van der Waals surface area contributed by atoms with Crippen molar-refractivity contribution in [2.24, 2.45) is 23.5 Å². The summed E-state index contributed by atoms with van der Waals surface area (Å²) in [5.74, 6) is -1.56. The topological polar surface area (TPSA) is 133 Å². The number of amides is 2. The number of nitrogens with two attached hydrogens (primary N) is 1. The van der Waals surface area contributed by atoms with E-state index in [1.165, 1.54) is 0 Å². The van der Waals surface area contributed by atoms with E-state index in [-0.39, 0.29) is 36.5 Å². The molecule has 1 saturated heterocycles. The molecule has 2 atom stereocenters. The number of carbonyl (C=O) groups excluding carboxylic acids is 2. The highest BCUT2D eigenvalue weighted by molar-refractivity contribution is 5.90. The molecular weight excluding hydrogens is 518 g/mol. The first kappa shape index (κ1) is 29.5. The van der Waals surface area contributed by atoms with E-state index in [1.54, 1.807) is 21.5 Å². The molecule has 3 aromatic rings. The number of hydrogen-bond donors (Lipinski definition) is 2. The molecule has 40 heavy (non-hydrogen) atoms. The van der Waals surface area contributed by atoms with E-state index in [2.05, 4.69) is 36.2 Å². The van der Waals surface area contributed by atoms with E-state index in [0.29, 0.717) is 49.6 Å². The van der Waals surface area contributed by atoms with Gasteiger partial charge in [0.1, 0.15) is 5.69 Å². The highest BCUT2D eigenvalue weighted by atomic mass is 19.3. The van der Waals surface area contributed by atoms with Crippen LogP contribution in [0.5, 0.6) is 0 Å². The molecule has 12 heteroatoms. The van der Waals surface area contributed by atoms with Crippen LogP contribution >= 0.6 is 0 Å². The Morgan fingerprint density at radius 1 is 1.23 bits per heavy atom. The van der Waals surface area contributed by atoms with Gasteiger partial charge >= 0.3 is 0 Å². The number of aryl methyl sites for hydroxylation is 1. The molecule has 0 radical (unpaired) electrons. The number of nitrogens with zero attached hydrogens (tertiary/aromatic N) is 6. The zero-order valence-corrected chi connectivity index (χ0v) is 23.7. The standard InChI is InChI=1S/C22H31F2N5O.C6H9N3O/c1-13(2)19-18(10-16-8-14(3)11-25-20(16)30)28-29-12-17(26-21(29)27-19)9-15-4-6-22(23,24)7-5-15;1-2-9-5(6(7)10)3-4-8-9/h12-16H,4-11H2,1-3H3,(H,25,30);3-4H,2H2,1H3,(H2,7,10)/t14-,16?;/m1./s1. The fourth-order valence-corrected chi connectivity index (χ4v) is 5.52. The van der Waals surface area contributed by atoms with E-state index >= 15 is 0 Å². The predicted molar refractivity (Wildman–Crippen MR) is 146 cm³/mol. The minimum atomic E-state index is -2.51. The average Bonchev–Trinajstić information content (AvgIpc) is 3.53. The van der Waals surface area contributed by atoms with E-state index in [4.69, 9.17) is 15.8 Å². The number of aromatic nitrogens is 6. The van der Waals surface area contributed by atoms with Gasteiger partial charge in [-0.2, -0.15) is 10.2 Å². The summed E-state index contributed by atoms with van der Waals surface area (Å²) < 4.78 is 30.1. The van der Waals surface area contributed by atoms with Gasteiger partial charge in [0.2, 0.25) is 11.8 Å². The summed E-state index contributed by atoms with van der Waals surface area (Å²) >= 11 is 0. The van der Waals surface area contributed by atoms with Crippen molar-refractivity contribution in [3.63, 3.8) is 0 Å². The summed E-state index contributed by atoms with van der Waals surface area (Å²) in [5, 5.41) is 11.6. The van der Waals surface area contributed by atoms with Gasteiger partial charge in [0.05, 0.1) is 23.3 Å². The molecule has 1 aliphatic heterocycles. The molecule has 1 saturated carbocycles. The molecule has 0 spiro atoms. The number of imidazole rings is 1. The Bertz CT molecular complexity index is 1330. The van der Waals surface area contributed by atoms with E-state index in [1.807, 2.05) is 13.1 Å². The van der Waals surface area contributed by atoms with Crippen LogP contribution < -0.4 is 11.1 Å². The van der Waals surface area contributed by atoms with Crippen LogP contribution in [0.2, 0.25) is 0 Å². The molecule has 0 aromatic carbocycles.